The van der Waals surface area contributed by atoms with Crippen molar-refractivity contribution < 1.29 is 23.8 Å². The second kappa shape index (κ2) is 9.68. The van der Waals surface area contributed by atoms with Crippen LogP contribution in [0.1, 0.15) is 18.5 Å². The molecule has 0 radical (unpaired) electrons. The number of methoxy groups -OCH3 is 1. The Morgan fingerprint density at radius 3 is 2.42 bits per heavy atom. The minimum atomic E-state index is -0.633. The first-order valence-electron chi connectivity index (χ1n) is 7.95. The highest BCUT2D eigenvalue weighted by atomic mass is 35.5. The van der Waals surface area contributed by atoms with Crippen LogP contribution in [0.4, 0.5) is 0 Å². The van der Waals surface area contributed by atoms with E-state index < -0.39 is 11.9 Å². The van der Waals surface area contributed by atoms with Gasteiger partial charge in [-0.05, 0) is 48.9 Å². The number of halogens is 1. The Morgan fingerprint density at radius 2 is 1.77 bits per heavy atom. The highest BCUT2D eigenvalue weighted by Crippen LogP contribution is 2.18. The molecule has 138 valence electrons. The number of amides is 1. The van der Waals surface area contributed by atoms with Crippen LogP contribution in [-0.4, -0.2) is 32.2 Å². The predicted molar refractivity (Wildman–Crippen MR) is 97.5 cm³/mol. The summed E-state index contributed by atoms with van der Waals surface area (Å²) in [6.45, 7) is 1.15. The van der Waals surface area contributed by atoms with Gasteiger partial charge < -0.3 is 19.5 Å². The summed E-state index contributed by atoms with van der Waals surface area (Å²) < 4.78 is 15.2. The Labute approximate surface area is 157 Å². The van der Waals surface area contributed by atoms with E-state index in [4.69, 9.17) is 25.8 Å². The average Bonchev–Trinajstić information content (AvgIpc) is 2.65. The van der Waals surface area contributed by atoms with Gasteiger partial charge in [0.15, 0.2) is 13.2 Å². The van der Waals surface area contributed by atoms with Crippen LogP contribution >= 0.6 is 11.6 Å². The van der Waals surface area contributed by atoms with Crippen molar-refractivity contribution >= 4 is 23.5 Å². The molecular formula is C19H20ClNO5. The molecule has 0 aliphatic heterocycles. The minimum Gasteiger partial charge on any atom is -0.497 e. The zero-order valence-electron chi connectivity index (χ0n) is 14.5. The summed E-state index contributed by atoms with van der Waals surface area (Å²) in [6.07, 6.45) is 0. The van der Waals surface area contributed by atoms with Crippen LogP contribution in [0.25, 0.3) is 0 Å². The van der Waals surface area contributed by atoms with E-state index >= 15 is 0 Å². The molecule has 6 nitrogen and oxygen atoms in total. The predicted octanol–water partition coefficient (Wildman–Crippen LogP) is 3.15. The maximum atomic E-state index is 11.9. The number of hydrogen-bond acceptors (Lipinski definition) is 5. The Hall–Kier alpha value is -2.73. The molecule has 0 aliphatic rings. The van der Waals surface area contributed by atoms with E-state index in [-0.39, 0.29) is 19.3 Å². The molecule has 0 aromatic heterocycles. The van der Waals surface area contributed by atoms with Gasteiger partial charge in [0.1, 0.15) is 11.5 Å². The summed E-state index contributed by atoms with van der Waals surface area (Å²) in [6, 6.07) is 13.7. The number of hydrogen-bond donors (Lipinski definition) is 1. The normalized spacial score (nSPS) is 11.3. The summed E-state index contributed by atoms with van der Waals surface area (Å²) in [5, 5.41) is 3.32. The number of nitrogens with one attached hydrogen (secondary N) is 1. The highest BCUT2D eigenvalue weighted by Gasteiger charge is 2.12. The summed E-state index contributed by atoms with van der Waals surface area (Å²) in [7, 11) is 1.56. The van der Waals surface area contributed by atoms with Gasteiger partial charge in [0, 0.05) is 5.02 Å². The van der Waals surface area contributed by atoms with Crippen molar-refractivity contribution in [3.63, 3.8) is 0 Å². The summed E-state index contributed by atoms with van der Waals surface area (Å²) in [4.78, 5) is 23.6. The third kappa shape index (κ3) is 6.29. The van der Waals surface area contributed by atoms with Crippen LogP contribution in [-0.2, 0) is 14.3 Å². The van der Waals surface area contributed by atoms with E-state index in [0.29, 0.717) is 16.5 Å². The van der Waals surface area contributed by atoms with Crippen LogP contribution in [0, 0.1) is 0 Å². The monoisotopic (exact) mass is 377 g/mol. The van der Waals surface area contributed by atoms with Crippen LogP contribution in [0.2, 0.25) is 5.02 Å². The molecule has 0 saturated carbocycles. The molecule has 0 bridgehead atoms. The van der Waals surface area contributed by atoms with E-state index in [1.54, 1.807) is 49.6 Å². The van der Waals surface area contributed by atoms with E-state index in [9.17, 15) is 9.59 Å². The first kappa shape index (κ1) is 19.6. The third-order valence-corrected chi connectivity index (χ3v) is 3.74. The molecular weight excluding hydrogens is 358 g/mol. The maximum absolute atomic E-state index is 11.9. The summed E-state index contributed by atoms with van der Waals surface area (Å²) in [5.41, 5.74) is 0.861. The van der Waals surface area contributed by atoms with E-state index in [2.05, 4.69) is 5.32 Å². The van der Waals surface area contributed by atoms with Crippen molar-refractivity contribution in [2.75, 3.05) is 20.3 Å². The average molecular weight is 378 g/mol. The van der Waals surface area contributed by atoms with Gasteiger partial charge in [-0.3, -0.25) is 4.79 Å². The van der Waals surface area contributed by atoms with Crippen molar-refractivity contribution in [2.24, 2.45) is 0 Å². The molecule has 2 rings (SSSR count). The van der Waals surface area contributed by atoms with Crippen molar-refractivity contribution in [1.82, 2.24) is 5.32 Å². The van der Waals surface area contributed by atoms with Gasteiger partial charge in [0.25, 0.3) is 5.91 Å². The van der Waals surface area contributed by atoms with Crippen molar-refractivity contribution in [3.8, 4) is 11.5 Å². The first-order chi connectivity index (χ1) is 12.5. The fraction of sp³-hybridized carbons (Fsp3) is 0.263. The first-order valence-corrected chi connectivity index (χ1v) is 8.33. The maximum Gasteiger partial charge on any atom is 0.344 e. The van der Waals surface area contributed by atoms with Gasteiger partial charge in [0.2, 0.25) is 0 Å². The van der Waals surface area contributed by atoms with Gasteiger partial charge in [-0.2, -0.15) is 0 Å². The second-order valence-corrected chi connectivity index (χ2v) is 5.91. The minimum absolute atomic E-state index is 0.254. The van der Waals surface area contributed by atoms with Gasteiger partial charge in [-0.1, -0.05) is 23.7 Å². The molecule has 7 heteroatoms. The Balaban J connectivity index is 1.71. The van der Waals surface area contributed by atoms with Crippen LogP contribution in [0.15, 0.2) is 48.5 Å². The lowest BCUT2D eigenvalue weighted by Crippen LogP contribution is -2.31. The number of esters is 1. The van der Waals surface area contributed by atoms with Crippen LogP contribution in [0.3, 0.4) is 0 Å². The Bertz CT molecular complexity index is 748. The van der Waals surface area contributed by atoms with Crippen molar-refractivity contribution in [3.05, 3.63) is 59.1 Å². The zero-order valence-corrected chi connectivity index (χ0v) is 15.3. The SMILES string of the molecule is COc1ccc(OCC(=O)OCC(=O)N[C@H](C)c2cccc(Cl)c2)cc1. The molecule has 0 fully saturated rings. The van der Waals surface area contributed by atoms with E-state index in [0.717, 1.165) is 5.56 Å². The topological polar surface area (TPSA) is 73.9 Å². The number of ether oxygens (including phenoxy) is 3. The molecule has 1 atom stereocenters. The standard InChI is InChI=1S/C19H20ClNO5/c1-13(14-4-3-5-15(20)10-14)21-18(22)11-26-19(23)12-25-17-8-6-16(24-2)7-9-17/h3-10,13H,11-12H2,1-2H3,(H,21,22)/t13-/m1/s1. The third-order valence-electron chi connectivity index (χ3n) is 3.51. The summed E-state index contributed by atoms with van der Waals surface area (Å²) >= 11 is 5.93. The number of rotatable bonds is 8. The molecule has 0 unspecified atom stereocenters. The Kier molecular flexibility index (Phi) is 7.29. The van der Waals surface area contributed by atoms with Gasteiger partial charge in [-0.15, -0.1) is 0 Å². The quantitative estimate of drug-likeness (QED) is 0.715. The molecule has 1 amide bonds. The second-order valence-electron chi connectivity index (χ2n) is 5.47. The number of carbonyl (C=O) groups is 2. The largest absolute Gasteiger partial charge is 0.497 e. The molecule has 2 aromatic rings. The Morgan fingerprint density at radius 1 is 1.08 bits per heavy atom. The number of carbonyl (C=O) groups excluding carboxylic acids is 2. The molecule has 0 heterocycles. The van der Waals surface area contributed by atoms with Gasteiger partial charge >= 0.3 is 5.97 Å². The van der Waals surface area contributed by atoms with Gasteiger partial charge in [-0.25, -0.2) is 4.79 Å². The smallest absolute Gasteiger partial charge is 0.344 e. The van der Waals surface area contributed by atoms with Crippen LogP contribution < -0.4 is 14.8 Å². The lowest BCUT2D eigenvalue weighted by atomic mass is 10.1. The lowest BCUT2D eigenvalue weighted by Gasteiger charge is -2.14. The van der Waals surface area contributed by atoms with Crippen molar-refractivity contribution in [1.29, 1.82) is 0 Å². The van der Waals surface area contributed by atoms with Crippen molar-refractivity contribution in [2.45, 2.75) is 13.0 Å². The number of benzene rings is 2. The molecule has 2 aromatic carbocycles. The fourth-order valence-corrected chi connectivity index (χ4v) is 2.34. The molecule has 0 saturated heterocycles. The van der Waals surface area contributed by atoms with E-state index in [1.165, 1.54) is 0 Å². The summed E-state index contributed by atoms with van der Waals surface area (Å²) in [5.74, 6) is 0.147. The molecule has 0 aliphatic carbocycles. The lowest BCUT2D eigenvalue weighted by molar-refractivity contribution is -0.150. The zero-order chi connectivity index (χ0) is 18.9. The van der Waals surface area contributed by atoms with E-state index in [1.807, 2.05) is 13.0 Å². The van der Waals surface area contributed by atoms with Gasteiger partial charge in [0.05, 0.1) is 13.2 Å². The van der Waals surface area contributed by atoms with Crippen LogP contribution in [0.5, 0.6) is 11.5 Å². The molecule has 1 N–H and O–H groups in total. The highest BCUT2D eigenvalue weighted by molar-refractivity contribution is 6.30. The molecule has 0 spiro atoms. The molecule has 26 heavy (non-hydrogen) atoms. The fourth-order valence-electron chi connectivity index (χ4n) is 2.14.